The number of nitrogens with two attached hydrogens (primary N) is 1. The van der Waals surface area contributed by atoms with Gasteiger partial charge in [0.25, 0.3) is 0 Å². The van der Waals surface area contributed by atoms with Crippen LogP contribution >= 0.6 is 11.6 Å². The van der Waals surface area contributed by atoms with Crippen LogP contribution in [0.3, 0.4) is 0 Å². The highest BCUT2D eigenvalue weighted by atomic mass is 35.5. The molecule has 0 unspecified atom stereocenters. The Kier molecular flexibility index (Phi) is 4.81. The van der Waals surface area contributed by atoms with Crippen molar-refractivity contribution in [2.75, 3.05) is 5.73 Å². The number of nitrogen functional groups attached to an aromatic ring is 1. The maximum atomic E-state index is 6.05. The second kappa shape index (κ2) is 5.92. The second-order valence-corrected chi connectivity index (χ2v) is 4.07. The molecule has 0 bridgehead atoms. The summed E-state index contributed by atoms with van der Waals surface area (Å²) in [5.41, 5.74) is 7.69. The Labute approximate surface area is 91.3 Å². The van der Waals surface area contributed by atoms with Gasteiger partial charge in [-0.3, -0.25) is 0 Å². The molecule has 2 N–H and O–H groups in total. The van der Waals surface area contributed by atoms with Crippen LogP contribution in [0.2, 0.25) is 5.02 Å². The van der Waals surface area contributed by atoms with E-state index in [0.29, 0.717) is 0 Å². The van der Waals surface area contributed by atoms with Gasteiger partial charge >= 0.3 is 0 Å². The normalized spacial score (nSPS) is 10.4. The fraction of sp³-hybridized carbons (Fsp3) is 0.500. The lowest BCUT2D eigenvalue weighted by Gasteiger charge is -2.04. The molecule has 0 radical (unpaired) electrons. The Hall–Kier alpha value is -0.690. The first kappa shape index (κ1) is 11.4. The zero-order chi connectivity index (χ0) is 10.4. The molecule has 1 rings (SSSR count). The summed E-state index contributed by atoms with van der Waals surface area (Å²) in [6.45, 7) is 2.22. The third-order valence-corrected chi connectivity index (χ3v) is 2.74. The van der Waals surface area contributed by atoms with E-state index >= 15 is 0 Å². The molecule has 1 aromatic carbocycles. The lowest BCUT2D eigenvalue weighted by Crippen LogP contribution is -1.91. The van der Waals surface area contributed by atoms with Crippen molar-refractivity contribution >= 4 is 17.3 Å². The molecule has 14 heavy (non-hydrogen) atoms. The SMILES string of the molecule is CCCCCCc1cc(N)ccc1Cl. The molecular formula is C12H18ClN. The van der Waals surface area contributed by atoms with E-state index in [9.17, 15) is 0 Å². The molecule has 0 saturated heterocycles. The van der Waals surface area contributed by atoms with Crippen LogP contribution in [0.25, 0.3) is 0 Å². The Morgan fingerprint density at radius 2 is 2.00 bits per heavy atom. The van der Waals surface area contributed by atoms with Crippen LogP contribution in [-0.4, -0.2) is 0 Å². The van der Waals surface area contributed by atoms with E-state index in [1.807, 2.05) is 18.2 Å². The fourth-order valence-electron chi connectivity index (χ4n) is 1.53. The van der Waals surface area contributed by atoms with Crippen molar-refractivity contribution in [2.45, 2.75) is 39.0 Å². The highest BCUT2D eigenvalue weighted by Crippen LogP contribution is 2.21. The van der Waals surface area contributed by atoms with E-state index in [4.69, 9.17) is 17.3 Å². The predicted octanol–water partition coefficient (Wildman–Crippen LogP) is 4.05. The molecule has 78 valence electrons. The number of unbranched alkanes of at least 4 members (excludes halogenated alkanes) is 3. The molecule has 0 aliphatic rings. The summed E-state index contributed by atoms with van der Waals surface area (Å²) in [5, 5.41) is 0.843. The van der Waals surface area contributed by atoms with Crippen molar-refractivity contribution < 1.29 is 0 Å². The molecule has 0 aromatic heterocycles. The topological polar surface area (TPSA) is 26.0 Å². The van der Waals surface area contributed by atoms with E-state index in [0.717, 1.165) is 17.1 Å². The van der Waals surface area contributed by atoms with E-state index in [-0.39, 0.29) is 0 Å². The summed E-state index contributed by atoms with van der Waals surface area (Å²) in [6.07, 6.45) is 6.10. The third kappa shape index (κ3) is 3.59. The van der Waals surface area contributed by atoms with Gasteiger partial charge in [-0.2, -0.15) is 0 Å². The summed E-state index contributed by atoms with van der Waals surface area (Å²) in [5.74, 6) is 0. The van der Waals surface area contributed by atoms with Gasteiger partial charge in [-0.15, -0.1) is 0 Å². The molecule has 2 heteroatoms. The smallest absolute Gasteiger partial charge is 0.0439 e. The van der Waals surface area contributed by atoms with Crippen molar-refractivity contribution in [3.05, 3.63) is 28.8 Å². The maximum absolute atomic E-state index is 6.05. The number of hydrogen-bond donors (Lipinski definition) is 1. The van der Waals surface area contributed by atoms with Gasteiger partial charge in [0, 0.05) is 10.7 Å². The van der Waals surface area contributed by atoms with Gasteiger partial charge in [0.15, 0.2) is 0 Å². The number of aryl methyl sites for hydroxylation is 1. The maximum Gasteiger partial charge on any atom is 0.0439 e. The first-order chi connectivity index (χ1) is 6.74. The Balaban J connectivity index is 2.45. The summed E-state index contributed by atoms with van der Waals surface area (Å²) in [7, 11) is 0. The quantitative estimate of drug-likeness (QED) is 0.577. The minimum absolute atomic E-state index is 0.805. The van der Waals surface area contributed by atoms with Gasteiger partial charge in [-0.1, -0.05) is 37.8 Å². The monoisotopic (exact) mass is 211 g/mol. The molecular weight excluding hydrogens is 194 g/mol. The number of hydrogen-bond acceptors (Lipinski definition) is 1. The fourth-order valence-corrected chi connectivity index (χ4v) is 1.74. The van der Waals surface area contributed by atoms with Gasteiger partial charge in [-0.05, 0) is 36.6 Å². The van der Waals surface area contributed by atoms with Crippen molar-refractivity contribution in [1.82, 2.24) is 0 Å². The number of benzene rings is 1. The van der Waals surface area contributed by atoms with Gasteiger partial charge < -0.3 is 5.73 Å². The van der Waals surface area contributed by atoms with E-state index < -0.39 is 0 Å². The van der Waals surface area contributed by atoms with Gasteiger partial charge in [0.2, 0.25) is 0 Å². The van der Waals surface area contributed by atoms with Crippen LogP contribution in [0.15, 0.2) is 18.2 Å². The third-order valence-electron chi connectivity index (χ3n) is 2.37. The van der Waals surface area contributed by atoms with Crippen LogP contribution < -0.4 is 5.73 Å². The number of halogens is 1. The Morgan fingerprint density at radius 3 is 2.71 bits per heavy atom. The van der Waals surface area contributed by atoms with E-state index in [1.165, 1.54) is 31.2 Å². The van der Waals surface area contributed by atoms with Crippen LogP contribution in [0.5, 0.6) is 0 Å². The Morgan fingerprint density at radius 1 is 1.21 bits per heavy atom. The lowest BCUT2D eigenvalue weighted by molar-refractivity contribution is 0.667. The van der Waals surface area contributed by atoms with E-state index in [1.54, 1.807) is 0 Å². The highest BCUT2D eigenvalue weighted by molar-refractivity contribution is 6.31. The van der Waals surface area contributed by atoms with Gasteiger partial charge in [-0.25, -0.2) is 0 Å². The molecule has 0 saturated carbocycles. The van der Waals surface area contributed by atoms with Crippen molar-refractivity contribution in [3.8, 4) is 0 Å². The summed E-state index contributed by atoms with van der Waals surface area (Å²) in [4.78, 5) is 0. The summed E-state index contributed by atoms with van der Waals surface area (Å²) in [6, 6.07) is 5.71. The average Bonchev–Trinajstić information content (AvgIpc) is 2.18. The van der Waals surface area contributed by atoms with Crippen molar-refractivity contribution in [3.63, 3.8) is 0 Å². The largest absolute Gasteiger partial charge is 0.399 e. The second-order valence-electron chi connectivity index (χ2n) is 3.66. The molecule has 1 aromatic rings. The minimum atomic E-state index is 0.805. The molecule has 0 aliphatic heterocycles. The number of rotatable bonds is 5. The lowest BCUT2D eigenvalue weighted by atomic mass is 10.1. The summed E-state index contributed by atoms with van der Waals surface area (Å²) < 4.78 is 0. The molecule has 0 fully saturated rings. The van der Waals surface area contributed by atoms with Gasteiger partial charge in [0.05, 0.1) is 0 Å². The van der Waals surface area contributed by atoms with Crippen LogP contribution in [0.4, 0.5) is 5.69 Å². The summed E-state index contributed by atoms with van der Waals surface area (Å²) >= 11 is 6.05. The molecule has 0 aliphatic carbocycles. The van der Waals surface area contributed by atoms with Gasteiger partial charge in [0.1, 0.15) is 0 Å². The molecule has 0 spiro atoms. The molecule has 0 amide bonds. The van der Waals surface area contributed by atoms with Crippen molar-refractivity contribution in [2.24, 2.45) is 0 Å². The zero-order valence-electron chi connectivity index (χ0n) is 8.72. The molecule has 0 heterocycles. The zero-order valence-corrected chi connectivity index (χ0v) is 9.48. The first-order valence-corrected chi connectivity index (χ1v) is 5.65. The standard InChI is InChI=1S/C12H18ClN/c1-2-3-4-5-6-10-9-11(14)7-8-12(10)13/h7-9H,2-6,14H2,1H3. The van der Waals surface area contributed by atoms with Crippen LogP contribution in [0.1, 0.15) is 38.2 Å². The highest BCUT2D eigenvalue weighted by Gasteiger charge is 2.00. The minimum Gasteiger partial charge on any atom is -0.399 e. The molecule has 1 nitrogen and oxygen atoms in total. The first-order valence-electron chi connectivity index (χ1n) is 5.28. The predicted molar refractivity (Wildman–Crippen MR) is 63.7 cm³/mol. The van der Waals surface area contributed by atoms with Crippen LogP contribution in [0, 0.1) is 0 Å². The van der Waals surface area contributed by atoms with Crippen molar-refractivity contribution in [1.29, 1.82) is 0 Å². The van der Waals surface area contributed by atoms with Crippen LogP contribution in [-0.2, 0) is 6.42 Å². The van der Waals surface area contributed by atoms with E-state index in [2.05, 4.69) is 6.92 Å². The Bertz CT molecular complexity index is 284. The number of anilines is 1. The molecule has 0 atom stereocenters. The average molecular weight is 212 g/mol.